The van der Waals surface area contributed by atoms with Gasteiger partial charge in [0.05, 0.1) is 7.11 Å². The molecule has 0 aliphatic carbocycles. The van der Waals surface area contributed by atoms with Crippen LogP contribution in [0.4, 0.5) is 10.1 Å². The van der Waals surface area contributed by atoms with E-state index in [2.05, 4.69) is 10.6 Å². The molecular formula is C32H39FN4O4. The molecule has 3 atom stereocenters. The number of halogens is 1. The van der Waals surface area contributed by atoms with Gasteiger partial charge < -0.3 is 26.0 Å². The molecule has 3 rings (SSSR count). The fraction of sp³-hybridized carbons (Fsp3) is 0.344. The van der Waals surface area contributed by atoms with E-state index in [4.69, 9.17) is 10.5 Å². The average Bonchev–Trinajstić information content (AvgIpc) is 2.98. The number of hydrogen-bond acceptors (Lipinski definition) is 5. The number of nitrogens with zero attached hydrogens (tertiary/aromatic N) is 1. The summed E-state index contributed by atoms with van der Waals surface area (Å²) >= 11 is 0. The second-order valence-corrected chi connectivity index (χ2v) is 9.99. The third-order valence-corrected chi connectivity index (χ3v) is 7.02. The topological polar surface area (TPSA) is 114 Å². The van der Waals surface area contributed by atoms with Crippen LogP contribution in [0.2, 0.25) is 0 Å². The zero-order valence-electron chi connectivity index (χ0n) is 24.0. The van der Waals surface area contributed by atoms with Crippen molar-refractivity contribution in [2.75, 3.05) is 25.5 Å². The molecule has 218 valence electrons. The van der Waals surface area contributed by atoms with Gasteiger partial charge in [-0.15, -0.1) is 0 Å². The Bertz CT molecular complexity index is 1310. The second-order valence-electron chi connectivity index (χ2n) is 9.99. The largest absolute Gasteiger partial charge is 0.497 e. The highest BCUT2D eigenvalue weighted by atomic mass is 19.1. The first kappa shape index (κ1) is 31.3. The number of ether oxygens (including phenoxy) is 1. The number of carbonyl (C=O) groups excluding carboxylic acids is 3. The summed E-state index contributed by atoms with van der Waals surface area (Å²) in [6.07, 6.45) is 0.726. The summed E-state index contributed by atoms with van der Waals surface area (Å²) < 4.78 is 18.6. The van der Waals surface area contributed by atoms with Crippen LogP contribution in [0.5, 0.6) is 5.75 Å². The first-order chi connectivity index (χ1) is 19.6. The summed E-state index contributed by atoms with van der Waals surface area (Å²) in [6, 6.07) is 18.8. The van der Waals surface area contributed by atoms with Crippen LogP contribution in [0, 0.1) is 11.7 Å². The Kier molecular flexibility index (Phi) is 11.4. The normalized spacial score (nSPS) is 13.0. The maximum absolute atomic E-state index is 13.5. The van der Waals surface area contributed by atoms with Crippen molar-refractivity contribution in [2.24, 2.45) is 11.7 Å². The first-order valence-corrected chi connectivity index (χ1v) is 13.8. The lowest BCUT2D eigenvalue weighted by molar-refractivity contribution is -0.119. The zero-order chi connectivity index (χ0) is 29.9. The predicted octanol–water partition coefficient (Wildman–Crippen LogP) is 4.65. The SMILES string of the molecule is CCN(CC)C(=O)c1cc(OC)cc(C(=O)N[C@@H](Cc2ccccc2)[C@@H](N)C[C@@H](C)C(=O)Nc2ccc(F)cc2)c1. The van der Waals surface area contributed by atoms with Crippen LogP contribution in [-0.4, -0.2) is 54.9 Å². The van der Waals surface area contributed by atoms with Crippen molar-refractivity contribution >= 4 is 23.4 Å². The molecule has 0 bridgehead atoms. The number of rotatable bonds is 13. The maximum atomic E-state index is 13.5. The number of methoxy groups -OCH3 is 1. The van der Waals surface area contributed by atoms with Crippen LogP contribution in [-0.2, 0) is 11.2 Å². The van der Waals surface area contributed by atoms with E-state index in [-0.39, 0.29) is 23.8 Å². The molecule has 0 unspecified atom stereocenters. The van der Waals surface area contributed by atoms with Crippen molar-refractivity contribution in [3.63, 3.8) is 0 Å². The molecule has 0 aliphatic rings. The fourth-order valence-electron chi connectivity index (χ4n) is 4.57. The molecule has 0 saturated carbocycles. The van der Waals surface area contributed by atoms with Crippen molar-refractivity contribution < 1.29 is 23.5 Å². The molecule has 8 nitrogen and oxygen atoms in total. The van der Waals surface area contributed by atoms with Crippen molar-refractivity contribution in [3.8, 4) is 5.75 Å². The van der Waals surface area contributed by atoms with E-state index in [0.717, 1.165) is 5.56 Å². The van der Waals surface area contributed by atoms with Gasteiger partial charge in [-0.3, -0.25) is 14.4 Å². The number of benzene rings is 3. The maximum Gasteiger partial charge on any atom is 0.253 e. The van der Waals surface area contributed by atoms with Crippen LogP contribution < -0.4 is 21.1 Å². The van der Waals surface area contributed by atoms with E-state index in [9.17, 15) is 18.8 Å². The molecule has 4 N–H and O–H groups in total. The molecular weight excluding hydrogens is 523 g/mol. The summed E-state index contributed by atoms with van der Waals surface area (Å²) in [5.41, 5.74) is 8.71. The molecule has 0 heterocycles. The molecule has 0 radical (unpaired) electrons. The highest BCUT2D eigenvalue weighted by Crippen LogP contribution is 2.20. The average molecular weight is 563 g/mol. The summed E-state index contributed by atoms with van der Waals surface area (Å²) in [7, 11) is 1.48. The van der Waals surface area contributed by atoms with Gasteiger partial charge in [-0.2, -0.15) is 0 Å². The Hall–Kier alpha value is -4.24. The molecule has 0 spiro atoms. The first-order valence-electron chi connectivity index (χ1n) is 13.8. The molecule has 0 saturated heterocycles. The number of nitrogens with one attached hydrogen (secondary N) is 2. The quantitative estimate of drug-likeness (QED) is 0.281. The third kappa shape index (κ3) is 8.88. The monoisotopic (exact) mass is 562 g/mol. The van der Waals surface area contributed by atoms with E-state index >= 15 is 0 Å². The van der Waals surface area contributed by atoms with Gasteiger partial charge in [0.15, 0.2) is 0 Å². The Labute approximate surface area is 241 Å². The van der Waals surface area contributed by atoms with Gasteiger partial charge in [0.1, 0.15) is 11.6 Å². The van der Waals surface area contributed by atoms with Crippen molar-refractivity contribution in [1.29, 1.82) is 0 Å². The van der Waals surface area contributed by atoms with Crippen LogP contribution in [0.3, 0.4) is 0 Å². The van der Waals surface area contributed by atoms with Crippen molar-refractivity contribution in [3.05, 3.63) is 95.3 Å². The Morgan fingerprint density at radius 2 is 1.59 bits per heavy atom. The second kappa shape index (κ2) is 14.9. The van der Waals surface area contributed by atoms with Gasteiger partial charge in [0, 0.05) is 47.9 Å². The highest BCUT2D eigenvalue weighted by Gasteiger charge is 2.26. The van der Waals surface area contributed by atoms with Gasteiger partial charge >= 0.3 is 0 Å². The van der Waals surface area contributed by atoms with Crippen molar-refractivity contribution in [1.82, 2.24) is 10.2 Å². The summed E-state index contributed by atoms with van der Waals surface area (Å²) in [5, 5.41) is 5.82. The lowest BCUT2D eigenvalue weighted by Gasteiger charge is -2.27. The number of amides is 3. The minimum absolute atomic E-state index is 0.193. The number of carbonyl (C=O) groups is 3. The lowest BCUT2D eigenvalue weighted by Crippen LogP contribution is -2.50. The molecule has 0 aromatic heterocycles. The molecule has 0 fully saturated rings. The van der Waals surface area contributed by atoms with Crippen LogP contribution in [0.25, 0.3) is 0 Å². The van der Waals surface area contributed by atoms with Crippen molar-refractivity contribution in [2.45, 2.75) is 45.7 Å². The molecule has 3 amide bonds. The van der Waals surface area contributed by atoms with Gasteiger partial charge in [0.25, 0.3) is 11.8 Å². The van der Waals surface area contributed by atoms with Crippen LogP contribution in [0.15, 0.2) is 72.8 Å². The number of nitrogens with two attached hydrogens (primary N) is 1. The Morgan fingerprint density at radius 1 is 0.951 bits per heavy atom. The van der Waals surface area contributed by atoms with E-state index < -0.39 is 29.7 Å². The molecule has 3 aromatic carbocycles. The standard InChI is InChI=1S/C32H39FN4O4/c1-5-37(6-2)32(40)24-18-23(19-27(20-24)41-4)31(39)36-29(17-22-10-8-7-9-11-22)28(34)16-21(3)30(38)35-26-14-12-25(33)13-15-26/h7-15,18-21,28-29H,5-6,16-17,34H2,1-4H3,(H,35,38)(H,36,39)/t21-,28+,29+/m1/s1. The number of hydrogen-bond donors (Lipinski definition) is 3. The third-order valence-electron chi connectivity index (χ3n) is 7.02. The van der Waals surface area contributed by atoms with Crippen LogP contribution >= 0.6 is 0 Å². The lowest BCUT2D eigenvalue weighted by atomic mass is 9.91. The minimum atomic E-state index is -0.574. The van der Waals surface area contributed by atoms with Gasteiger partial charge in [-0.25, -0.2) is 4.39 Å². The summed E-state index contributed by atoms with van der Waals surface area (Å²) in [6.45, 7) is 6.62. The molecule has 9 heteroatoms. The van der Waals surface area contributed by atoms with E-state index in [1.165, 1.54) is 31.4 Å². The van der Waals surface area contributed by atoms with E-state index in [1.54, 1.807) is 30.0 Å². The fourth-order valence-corrected chi connectivity index (χ4v) is 4.57. The Balaban J connectivity index is 1.80. The number of anilines is 1. The Morgan fingerprint density at radius 3 is 2.20 bits per heavy atom. The highest BCUT2D eigenvalue weighted by molar-refractivity contribution is 6.00. The van der Waals surface area contributed by atoms with Gasteiger partial charge in [-0.1, -0.05) is 37.3 Å². The minimum Gasteiger partial charge on any atom is -0.497 e. The van der Waals surface area contributed by atoms with Crippen LogP contribution in [0.1, 0.15) is 53.5 Å². The van der Waals surface area contributed by atoms with E-state index in [1.807, 2.05) is 44.2 Å². The molecule has 3 aromatic rings. The smallest absolute Gasteiger partial charge is 0.253 e. The van der Waals surface area contributed by atoms with E-state index in [0.29, 0.717) is 36.5 Å². The summed E-state index contributed by atoms with van der Waals surface area (Å²) in [5.74, 6) is -1.34. The summed E-state index contributed by atoms with van der Waals surface area (Å²) in [4.78, 5) is 41.1. The zero-order valence-corrected chi connectivity index (χ0v) is 24.0. The van der Waals surface area contributed by atoms with Gasteiger partial charge in [0.2, 0.25) is 5.91 Å². The predicted molar refractivity (Wildman–Crippen MR) is 158 cm³/mol. The molecule has 41 heavy (non-hydrogen) atoms. The molecule has 0 aliphatic heterocycles. The van der Waals surface area contributed by atoms with Gasteiger partial charge in [-0.05, 0) is 74.7 Å².